The monoisotopic (exact) mass is 614 g/mol. The summed E-state index contributed by atoms with van der Waals surface area (Å²) < 4.78 is 16.6. The van der Waals surface area contributed by atoms with Crippen molar-refractivity contribution in [1.29, 1.82) is 0 Å². The number of pyridine rings is 1. The number of halogens is 1. The lowest BCUT2D eigenvalue weighted by molar-refractivity contribution is -0.105. The number of anilines is 2. The summed E-state index contributed by atoms with van der Waals surface area (Å²) in [5.74, 6) is -0.399. The number of amides is 2. The number of nitrogens with one attached hydrogen (secondary N) is 1. The molecule has 0 bridgehead atoms. The molecule has 5 rings (SSSR count). The predicted molar refractivity (Wildman–Crippen MR) is 177 cm³/mol. The lowest BCUT2D eigenvalue weighted by atomic mass is 9.90. The zero-order chi connectivity index (χ0) is 32.1. The highest BCUT2D eigenvalue weighted by atomic mass is 19.1. The highest BCUT2D eigenvalue weighted by molar-refractivity contribution is 5.99. The molecule has 3 heterocycles. The standard InChI is InChI=1S/C35H43FN6O3/c1-5-41(24(2)3)35(45)29-18-27(36)9-11-32(29)42-22-30(28-12-13-37-19-34(28)42)26-7-6-14-40(21-26)20-25-8-10-33(39(4)15-16-43)31(17-25)38-23-44/h8-13,17-19,22-24,26,43H,5-7,14-16,20-21H2,1-4H3,(H,38,44). The van der Waals surface area contributed by atoms with Gasteiger partial charge in [0.2, 0.25) is 6.41 Å². The molecule has 1 aliphatic rings. The van der Waals surface area contributed by atoms with E-state index in [0.29, 0.717) is 36.4 Å². The average molecular weight is 615 g/mol. The van der Waals surface area contributed by atoms with E-state index in [9.17, 15) is 19.1 Å². The number of nitrogens with zero attached hydrogens (tertiary/aromatic N) is 5. The molecule has 238 valence electrons. The van der Waals surface area contributed by atoms with Crippen LogP contribution in [0.2, 0.25) is 0 Å². The van der Waals surface area contributed by atoms with Crippen molar-refractivity contribution in [1.82, 2.24) is 19.4 Å². The fourth-order valence-electron chi connectivity index (χ4n) is 6.59. The van der Waals surface area contributed by atoms with E-state index >= 15 is 0 Å². The number of aliphatic hydroxyl groups excluding tert-OH is 1. The molecule has 1 fully saturated rings. The van der Waals surface area contributed by atoms with E-state index in [2.05, 4.69) is 27.5 Å². The first-order chi connectivity index (χ1) is 21.7. The van der Waals surface area contributed by atoms with Crippen molar-refractivity contribution < 1.29 is 19.1 Å². The molecule has 1 saturated heterocycles. The quantitative estimate of drug-likeness (QED) is 0.207. The molecule has 10 heteroatoms. The number of hydrogen-bond donors (Lipinski definition) is 2. The third kappa shape index (κ3) is 6.87. The van der Waals surface area contributed by atoms with E-state index in [1.165, 1.54) is 17.7 Å². The maximum atomic E-state index is 14.6. The van der Waals surface area contributed by atoms with Crippen molar-refractivity contribution in [2.24, 2.45) is 0 Å². The van der Waals surface area contributed by atoms with Crippen LogP contribution in [0.1, 0.15) is 61.0 Å². The number of carbonyl (C=O) groups is 2. The number of piperidine rings is 1. The van der Waals surface area contributed by atoms with Gasteiger partial charge in [0.15, 0.2) is 0 Å². The van der Waals surface area contributed by atoms with Crippen molar-refractivity contribution in [3.63, 3.8) is 0 Å². The molecule has 4 aromatic rings. The van der Waals surface area contributed by atoms with E-state index in [1.807, 2.05) is 61.7 Å². The Kier molecular flexibility index (Phi) is 10.1. The summed E-state index contributed by atoms with van der Waals surface area (Å²) in [5.41, 5.74) is 5.69. The number of carbonyl (C=O) groups excluding carboxylic acids is 2. The zero-order valence-electron chi connectivity index (χ0n) is 26.5. The minimum Gasteiger partial charge on any atom is -0.395 e. The van der Waals surface area contributed by atoms with Gasteiger partial charge in [0, 0.05) is 57.0 Å². The maximum absolute atomic E-state index is 14.6. The van der Waals surface area contributed by atoms with Gasteiger partial charge < -0.3 is 24.8 Å². The van der Waals surface area contributed by atoms with E-state index in [-0.39, 0.29) is 24.5 Å². The average Bonchev–Trinajstić information content (AvgIpc) is 3.41. The molecular weight excluding hydrogens is 571 g/mol. The topological polar surface area (TPSA) is 93.9 Å². The zero-order valence-corrected chi connectivity index (χ0v) is 26.5. The third-order valence-corrected chi connectivity index (χ3v) is 8.79. The fraction of sp³-hybridized carbons (Fsp3) is 0.400. The van der Waals surface area contributed by atoms with Gasteiger partial charge in [-0.3, -0.25) is 19.5 Å². The first-order valence-electron chi connectivity index (χ1n) is 15.7. The van der Waals surface area contributed by atoms with Gasteiger partial charge in [-0.2, -0.15) is 0 Å². The van der Waals surface area contributed by atoms with Crippen LogP contribution in [0, 0.1) is 5.82 Å². The van der Waals surface area contributed by atoms with Crippen LogP contribution >= 0.6 is 0 Å². The van der Waals surface area contributed by atoms with Gasteiger partial charge >= 0.3 is 0 Å². The van der Waals surface area contributed by atoms with Crippen molar-refractivity contribution >= 4 is 34.6 Å². The number of rotatable bonds is 12. The Hall–Kier alpha value is -4.28. The SMILES string of the molecule is CCN(C(=O)c1cc(F)ccc1-n1cc(C2CCCN(Cc3ccc(N(C)CCO)c(NC=O)c3)C2)c2ccncc21)C(C)C. The Bertz CT molecular complexity index is 1650. The first-order valence-corrected chi connectivity index (χ1v) is 15.7. The summed E-state index contributed by atoms with van der Waals surface area (Å²) >= 11 is 0. The smallest absolute Gasteiger partial charge is 0.256 e. The molecule has 1 unspecified atom stereocenters. The maximum Gasteiger partial charge on any atom is 0.256 e. The molecular formula is C35H43FN6O3. The van der Waals surface area contributed by atoms with Crippen LogP contribution in [0.25, 0.3) is 16.6 Å². The normalized spacial score (nSPS) is 15.4. The van der Waals surface area contributed by atoms with E-state index in [4.69, 9.17) is 0 Å². The molecule has 9 nitrogen and oxygen atoms in total. The summed E-state index contributed by atoms with van der Waals surface area (Å²) in [6.45, 7) is 9.40. The van der Waals surface area contributed by atoms with Gasteiger partial charge in [-0.1, -0.05) is 6.07 Å². The van der Waals surface area contributed by atoms with E-state index in [1.54, 1.807) is 17.2 Å². The Morgan fingerprint density at radius 3 is 2.78 bits per heavy atom. The summed E-state index contributed by atoms with van der Waals surface area (Å²) in [7, 11) is 1.89. The molecule has 2 amide bonds. The summed E-state index contributed by atoms with van der Waals surface area (Å²) in [5, 5.41) is 13.3. The van der Waals surface area contributed by atoms with E-state index < -0.39 is 5.82 Å². The third-order valence-electron chi connectivity index (χ3n) is 8.79. The molecule has 0 spiro atoms. The molecule has 1 atom stereocenters. The molecule has 1 aliphatic heterocycles. The van der Waals surface area contributed by atoms with Gasteiger partial charge in [0.05, 0.1) is 40.9 Å². The predicted octanol–water partition coefficient (Wildman–Crippen LogP) is 5.41. The van der Waals surface area contributed by atoms with Crippen molar-refractivity contribution in [3.05, 3.63) is 83.6 Å². The Balaban J connectivity index is 1.46. The fourth-order valence-corrected chi connectivity index (χ4v) is 6.59. The summed E-state index contributed by atoms with van der Waals surface area (Å²) in [4.78, 5) is 35.5. The molecule has 2 aromatic carbocycles. The van der Waals surface area contributed by atoms with Crippen LogP contribution in [0.4, 0.5) is 15.8 Å². The molecule has 45 heavy (non-hydrogen) atoms. The number of fused-ring (bicyclic) bond motifs is 1. The number of likely N-dealkylation sites (N-methyl/N-ethyl adjacent to an activating group) is 1. The highest BCUT2D eigenvalue weighted by Gasteiger charge is 2.27. The van der Waals surface area contributed by atoms with Crippen molar-refractivity contribution in [2.75, 3.05) is 50.1 Å². The van der Waals surface area contributed by atoms with Crippen molar-refractivity contribution in [3.8, 4) is 5.69 Å². The number of aliphatic hydroxyl groups is 1. The van der Waals surface area contributed by atoms with Crippen LogP contribution in [-0.4, -0.2) is 82.7 Å². The van der Waals surface area contributed by atoms with Crippen LogP contribution in [0.15, 0.2) is 61.1 Å². The minimum absolute atomic E-state index is 0.0200. The van der Waals surface area contributed by atoms with Gasteiger partial charge in [-0.15, -0.1) is 0 Å². The lowest BCUT2D eigenvalue weighted by Crippen LogP contribution is -2.37. The summed E-state index contributed by atoms with van der Waals surface area (Å²) in [6.07, 6.45) is 8.44. The molecule has 0 saturated carbocycles. The number of aromatic nitrogens is 2. The van der Waals surface area contributed by atoms with Crippen molar-refractivity contribution in [2.45, 2.75) is 52.1 Å². The summed E-state index contributed by atoms with van der Waals surface area (Å²) in [6, 6.07) is 12.5. The highest BCUT2D eigenvalue weighted by Crippen LogP contribution is 2.36. The van der Waals surface area contributed by atoms with E-state index in [0.717, 1.165) is 54.6 Å². The molecule has 0 radical (unpaired) electrons. The van der Waals surface area contributed by atoms with Crippen LogP contribution in [0.3, 0.4) is 0 Å². The van der Waals surface area contributed by atoms with Gasteiger partial charge in [-0.05, 0) is 93.6 Å². The lowest BCUT2D eigenvalue weighted by Gasteiger charge is -2.33. The Labute approximate surface area is 264 Å². The molecule has 0 aliphatic carbocycles. The molecule has 2 N–H and O–H groups in total. The van der Waals surface area contributed by atoms with Crippen LogP contribution in [0.5, 0.6) is 0 Å². The first kappa shape index (κ1) is 32.1. The second-order valence-electron chi connectivity index (χ2n) is 12.0. The van der Waals surface area contributed by atoms with Gasteiger partial charge in [0.1, 0.15) is 5.82 Å². The number of hydrogen-bond acceptors (Lipinski definition) is 6. The van der Waals surface area contributed by atoms with Gasteiger partial charge in [-0.25, -0.2) is 4.39 Å². The van der Waals surface area contributed by atoms with Gasteiger partial charge in [0.25, 0.3) is 5.91 Å². The number of likely N-dealkylation sites (tertiary alicyclic amines) is 1. The van der Waals surface area contributed by atoms with Crippen LogP contribution < -0.4 is 10.2 Å². The van der Waals surface area contributed by atoms with Crippen LogP contribution in [-0.2, 0) is 11.3 Å². The second-order valence-corrected chi connectivity index (χ2v) is 12.0. The Morgan fingerprint density at radius 1 is 1.22 bits per heavy atom. The second kappa shape index (κ2) is 14.2. The largest absolute Gasteiger partial charge is 0.395 e. The number of benzene rings is 2. The minimum atomic E-state index is -0.445. The molecule has 2 aromatic heterocycles. The Morgan fingerprint density at radius 2 is 2.04 bits per heavy atom.